The summed E-state index contributed by atoms with van der Waals surface area (Å²) in [5.41, 5.74) is 5.19. The number of hydrogen-bond acceptors (Lipinski definition) is 2. The molecule has 4 rings (SSSR count). The second-order valence-corrected chi connectivity index (χ2v) is 6.32. The Morgan fingerprint density at radius 3 is 2.28 bits per heavy atom. The van der Waals surface area contributed by atoms with Crippen molar-refractivity contribution in [3.63, 3.8) is 0 Å². The minimum absolute atomic E-state index is 0.00871. The maximum atomic E-state index is 13.3. The van der Waals surface area contributed by atoms with Gasteiger partial charge in [0.05, 0.1) is 10.9 Å². The van der Waals surface area contributed by atoms with Crippen molar-refractivity contribution < 1.29 is 4.42 Å². The molecule has 2 heteroatoms. The first-order valence-electron chi connectivity index (χ1n) is 8.34. The van der Waals surface area contributed by atoms with Crippen LogP contribution in [-0.4, -0.2) is 0 Å². The largest absolute Gasteiger partial charge is 0.455 e. The van der Waals surface area contributed by atoms with Gasteiger partial charge in [-0.05, 0) is 37.1 Å². The summed E-state index contributed by atoms with van der Waals surface area (Å²) in [7, 11) is 0. The molecule has 0 spiro atoms. The number of benzene rings is 3. The lowest BCUT2D eigenvalue weighted by atomic mass is 9.96. The number of aryl methyl sites for hydroxylation is 2. The van der Waals surface area contributed by atoms with Crippen molar-refractivity contribution in [2.45, 2.75) is 13.8 Å². The highest BCUT2D eigenvalue weighted by molar-refractivity contribution is 5.89. The topological polar surface area (TPSA) is 30.2 Å². The highest BCUT2D eigenvalue weighted by Gasteiger charge is 2.18. The molecule has 25 heavy (non-hydrogen) atoms. The van der Waals surface area contributed by atoms with Gasteiger partial charge in [0.2, 0.25) is 5.43 Å². The second-order valence-electron chi connectivity index (χ2n) is 6.32. The van der Waals surface area contributed by atoms with E-state index in [0.29, 0.717) is 22.3 Å². The van der Waals surface area contributed by atoms with Crippen molar-refractivity contribution in [1.29, 1.82) is 0 Å². The Labute approximate surface area is 146 Å². The van der Waals surface area contributed by atoms with Gasteiger partial charge in [-0.1, -0.05) is 66.2 Å². The van der Waals surface area contributed by atoms with Gasteiger partial charge in [0.15, 0.2) is 0 Å². The summed E-state index contributed by atoms with van der Waals surface area (Å²) >= 11 is 0. The van der Waals surface area contributed by atoms with Gasteiger partial charge in [0, 0.05) is 5.56 Å². The summed E-state index contributed by atoms with van der Waals surface area (Å²) in [6.45, 7) is 4.01. The Hall–Kier alpha value is -3.13. The zero-order valence-corrected chi connectivity index (χ0v) is 14.2. The maximum Gasteiger partial charge on any atom is 0.201 e. The third-order valence-corrected chi connectivity index (χ3v) is 4.50. The van der Waals surface area contributed by atoms with Gasteiger partial charge < -0.3 is 4.42 Å². The lowest BCUT2D eigenvalue weighted by Crippen LogP contribution is -2.08. The molecular formula is C23H18O2. The molecule has 0 saturated carbocycles. The van der Waals surface area contributed by atoms with Crippen molar-refractivity contribution in [3.8, 4) is 22.5 Å². The van der Waals surface area contributed by atoms with Crippen molar-refractivity contribution >= 4 is 11.0 Å². The van der Waals surface area contributed by atoms with Crippen molar-refractivity contribution in [2.24, 2.45) is 0 Å². The van der Waals surface area contributed by atoms with Crippen LogP contribution in [0.2, 0.25) is 0 Å². The number of hydrogen-bond donors (Lipinski definition) is 0. The van der Waals surface area contributed by atoms with Crippen LogP contribution in [0.25, 0.3) is 33.4 Å². The van der Waals surface area contributed by atoms with Crippen LogP contribution in [0.4, 0.5) is 0 Å². The number of fused-ring (bicyclic) bond motifs is 1. The highest BCUT2D eigenvalue weighted by atomic mass is 16.3. The van der Waals surface area contributed by atoms with Crippen LogP contribution >= 0.6 is 0 Å². The molecule has 0 radical (unpaired) electrons. The SMILES string of the molecule is Cc1ccc2oc(-c3ccccc3C)c(-c3ccccc3)c(=O)c2c1. The van der Waals surface area contributed by atoms with Crippen LogP contribution in [0.3, 0.4) is 0 Å². The summed E-state index contributed by atoms with van der Waals surface area (Å²) in [4.78, 5) is 13.3. The van der Waals surface area contributed by atoms with E-state index in [1.54, 1.807) is 0 Å². The molecule has 1 heterocycles. The third-order valence-electron chi connectivity index (χ3n) is 4.50. The first kappa shape index (κ1) is 15.4. The molecule has 3 aromatic carbocycles. The highest BCUT2D eigenvalue weighted by Crippen LogP contribution is 2.34. The molecule has 2 nitrogen and oxygen atoms in total. The van der Waals surface area contributed by atoms with Crippen molar-refractivity contribution in [1.82, 2.24) is 0 Å². The van der Waals surface area contributed by atoms with Gasteiger partial charge in [0.1, 0.15) is 11.3 Å². The minimum atomic E-state index is 0.00871. The van der Waals surface area contributed by atoms with E-state index >= 15 is 0 Å². The summed E-state index contributed by atoms with van der Waals surface area (Å²) in [5, 5.41) is 0.621. The molecule has 0 N–H and O–H groups in total. The first-order chi connectivity index (χ1) is 12.1. The molecule has 0 amide bonds. The van der Waals surface area contributed by atoms with E-state index in [-0.39, 0.29) is 5.43 Å². The van der Waals surface area contributed by atoms with Crippen LogP contribution in [0.1, 0.15) is 11.1 Å². The fourth-order valence-electron chi connectivity index (χ4n) is 3.19. The molecule has 0 bridgehead atoms. The van der Waals surface area contributed by atoms with E-state index in [4.69, 9.17) is 4.42 Å². The molecule has 0 aliphatic rings. The third kappa shape index (κ3) is 2.66. The second kappa shape index (κ2) is 6.06. The van der Waals surface area contributed by atoms with Gasteiger partial charge in [-0.15, -0.1) is 0 Å². The fourth-order valence-corrected chi connectivity index (χ4v) is 3.19. The van der Waals surface area contributed by atoms with E-state index in [0.717, 1.165) is 22.3 Å². The standard InChI is InChI=1S/C23H18O2/c1-15-12-13-20-19(14-15)22(24)21(17-9-4-3-5-10-17)23(25-20)18-11-7-6-8-16(18)2/h3-14H,1-2H3. The molecular weight excluding hydrogens is 308 g/mol. The van der Waals surface area contributed by atoms with Crippen molar-refractivity contribution in [2.75, 3.05) is 0 Å². The summed E-state index contributed by atoms with van der Waals surface area (Å²) in [5.74, 6) is 0.630. The molecule has 122 valence electrons. The van der Waals surface area contributed by atoms with E-state index in [2.05, 4.69) is 0 Å². The van der Waals surface area contributed by atoms with Crippen LogP contribution in [0.5, 0.6) is 0 Å². The smallest absolute Gasteiger partial charge is 0.201 e. The Morgan fingerprint density at radius 1 is 0.800 bits per heavy atom. The van der Waals surface area contributed by atoms with Crippen LogP contribution in [0.15, 0.2) is 82.0 Å². The van der Waals surface area contributed by atoms with Crippen LogP contribution in [-0.2, 0) is 0 Å². The molecule has 0 fully saturated rings. The molecule has 0 atom stereocenters. The fraction of sp³-hybridized carbons (Fsp3) is 0.0870. The number of rotatable bonds is 2. The summed E-state index contributed by atoms with van der Waals surface area (Å²) in [6.07, 6.45) is 0. The first-order valence-corrected chi connectivity index (χ1v) is 8.34. The summed E-state index contributed by atoms with van der Waals surface area (Å²) in [6, 6.07) is 23.5. The van der Waals surface area contributed by atoms with Gasteiger partial charge in [-0.25, -0.2) is 0 Å². The van der Waals surface area contributed by atoms with Crippen molar-refractivity contribution in [3.05, 3.63) is 94.1 Å². The Morgan fingerprint density at radius 2 is 1.52 bits per heavy atom. The summed E-state index contributed by atoms with van der Waals surface area (Å²) < 4.78 is 6.25. The minimum Gasteiger partial charge on any atom is -0.455 e. The van der Waals surface area contributed by atoms with Gasteiger partial charge in [-0.3, -0.25) is 4.79 Å². The molecule has 0 saturated heterocycles. The lowest BCUT2D eigenvalue weighted by Gasteiger charge is -2.12. The maximum absolute atomic E-state index is 13.3. The average molecular weight is 326 g/mol. The van der Waals surface area contributed by atoms with Crippen LogP contribution in [0, 0.1) is 13.8 Å². The predicted octanol–water partition coefficient (Wildman–Crippen LogP) is 5.74. The molecule has 4 aromatic rings. The average Bonchev–Trinajstić information content (AvgIpc) is 2.63. The molecule has 1 aromatic heterocycles. The van der Waals surface area contributed by atoms with E-state index < -0.39 is 0 Å². The molecule has 0 aliphatic carbocycles. The normalized spacial score (nSPS) is 11.0. The van der Waals surface area contributed by atoms with Crippen LogP contribution < -0.4 is 5.43 Å². The monoisotopic (exact) mass is 326 g/mol. The Bertz CT molecular complexity index is 1120. The van der Waals surface area contributed by atoms with Gasteiger partial charge >= 0.3 is 0 Å². The molecule has 0 unspecified atom stereocenters. The lowest BCUT2D eigenvalue weighted by molar-refractivity contribution is 0.620. The Kier molecular flexibility index (Phi) is 3.73. The quantitative estimate of drug-likeness (QED) is 0.470. The van der Waals surface area contributed by atoms with Gasteiger partial charge in [-0.2, -0.15) is 0 Å². The van der Waals surface area contributed by atoms with E-state index in [9.17, 15) is 4.79 Å². The zero-order valence-electron chi connectivity index (χ0n) is 14.2. The zero-order chi connectivity index (χ0) is 17.4. The Balaban J connectivity index is 2.16. The predicted molar refractivity (Wildman–Crippen MR) is 103 cm³/mol. The molecule has 0 aliphatic heterocycles. The van der Waals surface area contributed by atoms with E-state index in [1.807, 2.05) is 86.6 Å². The van der Waals surface area contributed by atoms with E-state index in [1.165, 1.54) is 0 Å². The van der Waals surface area contributed by atoms with Gasteiger partial charge in [0.25, 0.3) is 0 Å².